The highest BCUT2D eigenvalue weighted by molar-refractivity contribution is 5.84. The molecule has 0 fully saturated rings. The molecule has 0 aliphatic carbocycles. The molecule has 0 aromatic heterocycles. The molecule has 1 unspecified atom stereocenters. The first-order valence-corrected chi connectivity index (χ1v) is 12.9. The second-order valence-electron chi connectivity index (χ2n) is 11.2. The van der Waals surface area contributed by atoms with Crippen LogP contribution >= 0.6 is 0 Å². The molecule has 180 valence electrons. The Morgan fingerprint density at radius 2 is 1.08 bits per heavy atom. The summed E-state index contributed by atoms with van der Waals surface area (Å²) >= 11 is 0. The Kier molecular flexibility index (Phi) is 5.12. The Balaban J connectivity index is 1.76. The molecule has 2 heteroatoms. The molecule has 0 bridgehead atoms. The van der Waals surface area contributed by atoms with E-state index in [1.807, 2.05) is 0 Å². The molecule has 0 saturated carbocycles. The summed E-state index contributed by atoms with van der Waals surface area (Å²) in [5, 5.41) is 0. The van der Waals surface area contributed by atoms with E-state index in [9.17, 15) is 0 Å². The van der Waals surface area contributed by atoms with Gasteiger partial charge in [-0.2, -0.15) is 0 Å². The van der Waals surface area contributed by atoms with Crippen LogP contribution in [0.2, 0.25) is 0 Å². The fourth-order valence-electron chi connectivity index (χ4n) is 6.59. The van der Waals surface area contributed by atoms with Crippen LogP contribution in [-0.4, -0.2) is 6.17 Å². The highest BCUT2D eigenvalue weighted by Crippen LogP contribution is 2.61. The van der Waals surface area contributed by atoms with Crippen LogP contribution in [0, 0.1) is 12.3 Å². The van der Waals surface area contributed by atoms with Gasteiger partial charge < -0.3 is 9.80 Å². The Morgan fingerprint density at radius 3 is 1.64 bits per heavy atom. The van der Waals surface area contributed by atoms with E-state index in [2.05, 4.69) is 154 Å². The molecule has 2 aliphatic rings. The van der Waals surface area contributed by atoms with E-state index in [-0.39, 0.29) is 11.6 Å². The van der Waals surface area contributed by atoms with Crippen molar-refractivity contribution in [3.63, 3.8) is 0 Å². The summed E-state index contributed by atoms with van der Waals surface area (Å²) in [5.74, 6) is 0. The largest absolute Gasteiger partial charge is 0.322 e. The Morgan fingerprint density at radius 1 is 0.583 bits per heavy atom. The Labute approximate surface area is 215 Å². The molecule has 0 N–H and O–H groups in total. The summed E-state index contributed by atoms with van der Waals surface area (Å²) in [6.45, 7) is 11.7. The maximum atomic E-state index is 2.65. The van der Waals surface area contributed by atoms with Crippen molar-refractivity contribution in [2.24, 2.45) is 5.41 Å². The molecular formula is C34H34N2. The summed E-state index contributed by atoms with van der Waals surface area (Å²) in [4.78, 5) is 5.25. The van der Waals surface area contributed by atoms with Crippen molar-refractivity contribution in [2.75, 3.05) is 9.80 Å². The van der Waals surface area contributed by atoms with E-state index in [0.717, 1.165) is 0 Å². The lowest BCUT2D eigenvalue weighted by Crippen LogP contribution is -2.49. The van der Waals surface area contributed by atoms with Gasteiger partial charge in [0, 0.05) is 22.5 Å². The van der Waals surface area contributed by atoms with Gasteiger partial charge in [0.25, 0.3) is 0 Å². The van der Waals surface area contributed by atoms with Gasteiger partial charge in [-0.1, -0.05) is 118 Å². The van der Waals surface area contributed by atoms with Gasteiger partial charge in [0.15, 0.2) is 0 Å². The third-order valence-electron chi connectivity index (χ3n) is 7.92. The molecule has 0 amide bonds. The first kappa shape index (κ1) is 22.7. The van der Waals surface area contributed by atoms with Gasteiger partial charge in [-0.25, -0.2) is 0 Å². The molecule has 0 saturated heterocycles. The number of hydrogen-bond donors (Lipinski definition) is 0. The van der Waals surface area contributed by atoms with Crippen LogP contribution in [0.3, 0.4) is 0 Å². The number of rotatable bonds is 3. The average Bonchev–Trinajstić information content (AvgIpc) is 3.36. The van der Waals surface area contributed by atoms with Crippen molar-refractivity contribution in [3.8, 4) is 0 Å². The number of aryl methyl sites for hydroxylation is 1. The second-order valence-corrected chi connectivity index (χ2v) is 11.2. The van der Waals surface area contributed by atoms with Crippen molar-refractivity contribution >= 4 is 11.4 Å². The van der Waals surface area contributed by atoms with Gasteiger partial charge in [-0.15, -0.1) is 0 Å². The number of allylic oxidation sites excluding steroid dienone is 2. The van der Waals surface area contributed by atoms with E-state index >= 15 is 0 Å². The number of fused-ring (bicyclic) bond motifs is 3. The quantitative estimate of drug-likeness (QED) is 0.297. The van der Waals surface area contributed by atoms with Gasteiger partial charge in [0.05, 0.1) is 11.1 Å². The molecule has 36 heavy (non-hydrogen) atoms. The molecule has 0 spiro atoms. The zero-order valence-electron chi connectivity index (χ0n) is 21.9. The van der Waals surface area contributed by atoms with Crippen molar-refractivity contribution in [3.05, 3.63) is 143 Å². The molecule has 2 heterocycles. The van der Waals surface area contributed by atoms with Crippen LogP contribution in [0.1, 0.15) is 49.9 Å². The van der Waals surface area contributed by atoms with E-state index in [4.69, 9.17) is 0 Å². The van der Waals surface area contributed by atoms with Crippen LogP contribution in [0.4, 0.5) is 11.4 Å². The molecule has 2 aliphatic heterocycles. The first-order valence-electron chi connectivity index (χ1n) is 12.9. The summed E-state index contributed by atoms with van der Waals surface area (Å²) in [5.41, 5.74) is 10.1. The van der Waals surface area contributed by atoms with E-state index in [1.165, 1.54) is 45.0 Å². The van der Waals surface area contributed by atoms with E-state index < -0.39 is 5.41 Å². The van der Waals surface area contributed by atoms with Crippen molar-refractivity contribution < 1.29 is 0 Å². The Bertz CT molecular complexity index is 1400. The summed E-state index contributed by atoms with van der Waals surface area (Å²) in [6.07, 6.45) is 0.143. The standard InChI is InChI=1S/C34H34N2/c1-24-16-12-14-22-29(24)35-25(2)31-34(26-17-8-6-9-18-26,27-19-10-7-11-20-27)28-21-13-15-23-30(28)36(31)32(35)33(3,4)5/h6-23,32H,1-5H3. The Hall–Kier alpha value is -3.78. The van der Waals surface area contributed by atoms with Gasteiger partial charge in [0.2, 0.25) is 0 Å². The van der Waals surface area contributed by atoms with E-state index in [0.29, 0.717) is 0 Å². The topological polar surface area (TPSA) is 6.48 Å². The lowest BCUT2D eigenvalue weighted by molar-refractivity contribution is 0.323. The van der Waals surface area contributed by atoms with Crippen molar-refractivity contribution in [1.29, 1.82) is 0 Å². The van der Waals surface area contributed by atoms with Gasteiger partial charge in [-0.05, 0) is 48.2 Å². The third-order valence-corrected chi connectivity index (χ3v) is 7.92. The minimum atomic E-state index is -0.399. The number of anilines is 2. The summed E-state index contributed by atoms with van der Waals surface area (Å²) in [6, 6.07) is 40.0. The van der Waals surface area contributed by atoms with Crippen molar-refractivity contribution in [2.45, 2.75) is 46.2 Å². The van der Waals surface area contributed by atoms with Crippen LogP contribution in [0.15, 0.2) is 121 Å². The minimum absolute atomic E-state index is 0.0120. The van der Waals surface area contributed by atoms with Gasteiger partial charge >= 0.3 is 0 Å². The zero-order chi connectivity index (χ0) is 25.1. The fourth-order valence-corrected chi connectivity index (χ4v) is 6.59. The molecule has 6 rings (SSSR count). The summed E-state index contributed by atoms with van der Waals surface area (Å²) < 4.78 is 0. The van der Waals surface area contributed by atoms with Crippen LogP contribution in [-0.2, 0) is 5.41 Å². The lowest BCUT2D eigenvalue weighted by atomic mass is 9.68. The molecule has 2 nitrogen and oxygen atoms in total. The molecule has 1 atom stereocenters. The normalized spacial score (nSPS) is 18.4. The summed E-state index contributed by atoms with van der Waals surface area (Å²) in [7, 11) is 0. The highest BCUT2D eigenvalue weighted by atomic mass is 15.4. The number of hydrogen-bond acceptors (Lipinski definition) is 2. The minimum Gasteiger partial charge on any atom is -0.322 e. The van der Waals surface area contributed by atoms with Gasteiger partial charge in [0.1, 0.15) is 6.17 Å². The van der Waals surface area contributed by atoms with Crippen LogP contribution in [0.5, 0.6) is 0 Å². The predicted molar refractivity (Wildman–Crippen MR) is 151 cm³/mol. The number of para-hydroxylation sites is 2. The predicted octanol–water partition coefficient (Wildman–Crippen LogP) is 8.27. The number of benzene rings is 4. The monoisotopic (exact) mass is 470 g/mol. The van der Waals surface area contributed by atoms with Gasteiger partial charge in [-0.3, -0.25) is 0 Å². The third kappa shape index (κ3) is 3.03. The maximum Gasteiger partial charge on any atom is 0.115 e. The SMILES string of the molecule is CC1=C2N(c3ccccc3C2(c2ccccc2)c2ccccc2)C(C(C)(C)C)N1c1ccccc1C. The molecule has 4 aromatic rings. The first-order chi connectivity index (χ1) is 17.4. The average molecular weight is 471 g/mol. The van der Waals surface area contributed by atoms with E-state index in [1.54, 1.807) is 0 Å². The number of nitrogens with zero attached hydrogens (tertiary/aromatic N) is 2. The highest BCUT2D eigenvalue weighted by Gasteiger charge is 2.58. The molecule has 0 radical (unpaired) electrons. The fraction of sp³-hybridized carbons (Fsp3) is 0.235. The zero-order valence-corrected chi connectivity index (χ0v) is 21.9. The van der Waals surface area contributed by atoms with Crippen LogP contribution in [0.25, 0.3) is 0 Å². The smallest absolute Gasteiger partial charge is 0.115 e. The molecular weight excluding hydrogens is 436 g/mol. The second kappa shape index (κ2) is 8.13. The molecule has 4 aromatic carbocycles. The maximum absolute atomic E-state index is 2.65. The van der Waals surface area contributed by atoms with Crippen molar-refractivity contribution in [1.82, 2.24) is 0 Å². The van der Waals surface area contributed by atoms with Crippen LogP contribution < -0.4 is 9.80 Å². The lowest BCUT2D eigenvalue weighted by Gasteiger charge is -2.42.